The molecular formula is C19H21N9O3. The fourth-order valence-electron chi connectivity index (χ4n) is 2.84. The van der Waals surface area contributed by atoms with E-state index < -0.39 is 6.09 Å². The Hall–Kier alpha value is -4.09. The summed E-state index contributed by atoms with van der Waals surface area (Å²) in [5.74, 6) is 0.257. The SMILES string of the molecule is CN(C)C(=O)c1c(NC(=O)Oc2nc(C3CC3)cnc2Nc2cncnc2)cnn1C. The quantitative estimate of drug-likeness (QED) is 0.608. The standard InChI is InChI=1S/C19H21N9O3/c1-27(2)18(29)15-14(9-23-28(15)3)26-19(30)31-17-16(24-12-6-20-10-21-7-12)22-8-13(25-17)11-4-5-11/h6-11H,4-5H2,1-3H3,(H,22,24)(H,26,30). The Morgan fingerprint density at radius 3 is 2.58 bits per heavy atom. The first kappa shape index (κ1) is 20.2. The molecule has 2 amide bonds. The first-order chi connectivity index (χ1) is 14.9. The smallest absolute Gasteiger partial charge is 0.387 e. The van der Waals surface area contributed by atoms with Gasteiger partial charge in [0.15, 0.2) is 5.82 Å². The van der Waals surface area contributed by atoms with Crippen molar-refractivity contribution in [2.75, 3.05) is 24.7 Å². The third kappa shape index (κ3) is 4.57. The number of hydrogen-bond donors (Lipinski definition) is 2. The van der Waals surface area contributed by atoms with Crippen LogP contribution >= 0.6 is 0 Å². The zero-order valence-electron chi connectivity index (χ0n) is 17.2. The Kier molecular flexibility index (Phi) is 5.43. The maximum absolute atomic E-state index is 12.6. The molecule has 1 aliphatic rings. The van der Waals surface area contributed by atoms with Crippen molar-refractivity contribution in [3.05, 3.63) is 42.5 Å². The number of ether oxygens (including phenoxy) is 1. The van der Waals surface area contributed by atoms with Crippen LogP contribution < -0.4 is 15.4 Å². The number of nitrogens with zero attached hydrogens (tertiary/aromatic N) is 7. The van der Waals surface area contributed by atoms with E-state index in [0.717, 1.165) is 18.5 Å². The molecule has 1 fully saturated rings. The molecule has 31 heavy (non-hydrogen) atoms. The van der Waals surface area contributed by atoms with Crippen LogP contribution in [0.5, 0.6) is 5.88 Å². The summed E-state index contributed by atoms with van der Waals surface area (Å²) in [5.41, 5.74) is 1.76. The number of carbonyl (C=O) groups is 2. The van der Waals surface area contributed by atoms with Crippen molar-refractivity contribution in [1.82, 2.24) is 34.6 Å². The van der Waals surface area contributed by atoms with E-state index in [2.05, 4.69) is 35.7 Å². The van der Waals surface area contributed by atoms with E-state index in [1.165, 1.54) is 22.1 Å². The fourth-order valence-corrected chi connectivity index (χ4v) is 2.84. The summed E-state index contributed by atoms with van der Waals surface area (Å²) in [6.07, 6.45) is 8.77. The highest BCUT2D eigenvalue weighted by atomic mass is 16.6. The fraction of sp³-hybridized carbons (Fsp3) is 0.316. The highest BCUT2D eigenvalue weighted by Crippen LogP contribution is 2.40. The van der Waals surface area contributed by atoms with Gasteiger partial charge in [-0.3, -0.25) is 14.8 Å². The topological polar surface area (TPSA) is 140 Å². The molecule has 0 bridgehead atoms. The van der Waals surface area contributed by atoms with Crippen molar-refractivity contribution in [3.63, 3.8) is 0 Å². The molecule has 160 valence electrons. The van der Waals surface area contributed by atoms with Crippen LogP contribution in [0.15, 0.2) is 31.1 Å². The van der Waals surface area contributed by atoms with Gasteiger partial charge in [-0.2, -0.15) is 5.10 Å². The largest absolute Gasteiger partial charge is 0.418 e. The number of nitrogens with one attached hydrogen (secondary N) is 2. The molecule has 3 heterocycles. The summed E-state index contributed by atoms with van der Waals surface area (Å²) < 4.78 is 6.84. The lowest BCUT2D eigenvalue weighted by Gasteiger charge is -2.13. The molecule has 0 saturated heterocycles. The monoisotopic (exact) mass is 423 g/mol. The van der Waals surface area contributed by atoms with Gasteiger partial charge in [0.1, 0.15) is 12.0 Å². The second kappa shape index (κ2) is 8.34. The molecule has 0 radical (unpaired) electrons. The summed E-state index contributed by atoms with van der Waals surface area (Å²) in [6, 6.07) is 0. The Bertz CT molecular complexity index is 1110. The highest BCUT2D eigenvalue weighted by Gasteiger charge is 2.28. The van der Waals surface area contributed by atoms with Gasteiger partial charge < -0.3 is 15.0 Å². The summed E-state index contributed by atoms with van der Waals surface area (Å²) in [4.78, 5) is 43.1. The Balaban J connectivity index is 1.56. The van der Waals surface area contributed by atoms with Gasteiger partial charge in [-0.15, -0.1) is 0 Å². The van der Waals surface area contributed by atoms with E-state index in [-0.39, 0.29) is 29.0 Å². The van der Waals surface area contributed by atoms with Crippen LogP contribution in [0.4, 0.5) is 22.0 Å². The van der Waals surface area contributed by atoms with Gasteiger partial charge in [-0.25, -0.2) is 24.7 Å². The number of carbonyl (C=O) groups excluding carboxylic acids is 2. The lowest BCUT2D eigenvalue weighted by atomic mass is 10.3. The van der Waals surface area contributed by atoms with E-state index in [1.807, 2.05) is 0 Å². The molecule has 1 aliphatic carbocycles. The second-order valence-corrected chi connectivity index (χ2v) is 7.22. The van der Waals surface area contributed by atoms with Gasteiger partial charge in [-0.05, 0) is 12.8 Å². The molecule has 0 atom stereocenters. The minimum absolute atomic E-state index is 0.00938. The number of hydrogen-bond acceptors (Lipinski definition) is 9. The molecule has 1 saturated carbocycles. The zero-order chi connectivity index (χ0) is 22.0. The van der Waals surface area contributed by atoms with Crippen LogP contribution in [0, 0.1) is 0 Å². The minimum Gasteiger partial charge on any atom is -0.387 e. The van der Waals surface area contributed by atoms with Crippen molar-refractivity contribution >= 4 is 29.2 Å². The van der Waals surface area contributed by atoms with E-state index in [0.29, 0.717) is 11.6 Å². The van der Waals surface area contributed by atoms with Crippen LogP contribution in [-0.4, -0.2) is 60.7 Å². The maximum Gasteiger partial charge on any atom is 0.418 e. The summed E-state index contributed by atoms with van der Waals surface area (Å²) in [6.45, 7) is 0. The third-order valence-corrected chi connectivity index (χ3v) is 4.55. The maximum atomic E-state index is 12.6. The van der Waals surface area contributed by atoms with Gasteiger partial charge in [-0.1, -0.05) is 0 Å². The third-order valence-electron chi connectivity index (χ3n) is 4.55. The molecule has 12 nitrogen and oxygen atoms in total. The average molecular weight is 423 g/mol. The van der Waals surface area contributed by atoms with Gasteiger partial charge >= 0.3 is 6.09 Å². The number of amides is 2. The number of aromatic nitrogens is 6. The summed E-state index contributed by atoms with van der Waals surface area (Å²) in [5, 5.41) is 9.60. The Labute approximate surface area is 177 Å². The van der Waals surface area contributed by atoms with E-state index in [9.17, 15) is 9.59 Å². The predicted molar refractivity (Wildman–Crippen MR) is 110 cm³/mol. The molecule has 0 aromatic carbocycles. The van der Waals surface area contributed by atoms with E-state index >= 15 is 0 Å². The molecule has 0 spiro atoms. The van der Waals surface area contributed by atoms with Gasteiger partial charge in [0, 0.05) is 27.1 Å². The summed E-state index contributed by atoms with van der Waals surface area (Å²) in [7, 11) is 4.84. The van der Waals surface area contributed by atoms with Gasteiger partial charge in [0.05, 0.1) is 41.9 Å². The van der Waals surface area contributed by atoms with Crippen molar-refractivity contribution in [2.24, 2.45) is 7.05 Å². The van der Waals surface area contributed by atoms with Crippen LogP contribution in [0.2, 0.25) is 0 Å². The first-order valence-electron chi connectivity index (χ1n) is 9.54. The molecule has 2 N–H and O–H groups in total. The second-order valence-electron chi connectivity index (χ2n) is 7.22. The molecule has 4 rings (SSSR count). The lowest BCUT2D eigenvalue weighted by molar-refractivity contribution is 0.0818. The molecule has 3 aromatic rings. The van der Waals surface area contributed by atoms with Gasteiger partial charge in [0.25, 0.3) is 11.8 Å². The molecule has 0 aliphatic heterocycles. The normalized spacial score (nSPS) is 12.9. The molecular weight excluding hydrogens is 402 g/mol. The van der Waals surface area contributed by atoms with Crippen LogP contribution in [0.25, 0.3) is 0 Å². The van der Waals surface area contributed by atoms with Crippen molar-refractivity contribution in [3.8, 4) is 5.88 Å². The average Bonchev–Trinajstić information content (AvgIpc) is 3.53. The van der Waals surface area contributed by atoms with Crippen LogP contribution in [0.3, 0.4) is 0 Å². The number of rotatable bonds is 6. The highest BCUT2D eigenvalue weighted by molar-refractivity contribution is 6.01. The molecule has 3 aromatic heterocycles. The Morgan fingerprint density at radius 1 is 1.16 bits per heavy atom. The van der Waals surface area contributed by atoms with Crippen molar-refractivity contribution < 1.29 is 14.3 Å². The van der Waals surface area contributed by atoms with Crippen molar-refractivity contribution in [1.29, 1.82) is 0 Å². The lowest BCUT2D eigenvalue weighted by Crippen LogP contribution is -2.26. The first-order valence-corrected chi connectivity index (χ1v) is 9.54. The Morgan fingerprint density at radius 2 is 1.90 bits per heavy atom. The van der Waals surface area contributed by atoms with E-state index in [4.69, 9.17) is 4.74 Å². The predicted octanol–water partition coefficient (Wildman–Crippen LogP) is 1.93. The summed E-state index contributed by atoms with van der Waals surface area (Å²) >= 11 is 0. The van der Waals surface area contributed by atoms with Crippen molar-refractivity contribution in [2.45, 2.75) is 18.8 Å². The number of aryl methyl sites for hydroxylation is 1. The van der Waals surface area contributed by atoms with Crippen LogP contribution in [0.1, 0.15) is 34.9 Å². The number of anilines is 3. The van der Waals surface area contributed by atoms with Gasteiger partial charge in [0.2, 0.25) is 0 Å². The van der Waals surface area contributed by atoms with E-state index in [1.54, 1.807) is 39.7 Å². The zero-order valence-corrected chi connectivity index (χ0v) is 17.2. The van der Waals surface area contributed by atoms with Crippen LogP contribution in [-0.2, 0) is 7.05 Å². The molecule has 0 unspecified atom stereocenters. The molecule has 12 heteroatoms. The minimum atomic E-state index is -0.824.